The minimum absolute atomic E-state index is 0.00156. The van der Waals surface area contributed by atoms with Gasteiger partial charge in [-0.3, -0.25) is 0 Å². The van der Waals surface area contributed by atoms with Crippen LogP contribution in [0.5, 0.6) is 0 Å². The van der Waals surface area contributed by atoms with Gasteiger partial charge in [0.1, 0.15) is 6.04 Å². The highest BCUT2D eigenvalue weighted by Crippen LogP contribution is 2.25. The van der Waals surface area contributed by atoms with Crippen LogP contribution in [0.2, 0.25) is 0 Å². The molecule has 0 bridgehead atoms. The number of carbonyl (C=O) groups excluding carboxylic acids is 1. The van der Waals surface area contributed by atoms with Crippen LogP contribution < -0.4 is 0 Å². The van der Waals surface area contributed by atoms with Gasteiger partial charge in [-0.1, -0.05) is 31.2 Å². The maximum atomic E-state index is 12.5. The van der Waals surface area contributed by atoms with Gasteiger partial charge in [0, 0.05) is 20.1 Å². The van der Waals surface area contributed by atoms with E-state index in [4.69, 9.17) is 0 Å². The third-order valence-electron chi connectivity index (χ3n) is 4.19. The van der Waals surface area contributed by atoms with Gasteiger partial charge in [-0.25, -0.2) is 9.59 Å². The Balaban J connectivity index is 2.09. The van der Waals surface area contributed by atoms with Gasteiger partial charge < -0.3 is 14.9 Å². The fourth-order valence-electron chi connectivity index (χ4n) is 2.87. The van der Waals surface area contributed by atoms with Crippen LogP contribution in [-0.2, 0) is 11.3 Å². The second-order valence-electron chi connectivity index (χ2n) is 5.81. The number of carboxylic acids is 1. The number of hydrogen-bond acceptors (Lipinski definition) is 2. The van der Waals surface area contributed by atoms with Crippen molar-refractivity contribution in [1.82, 2.24) is 9.80 Å². The summed E-state index contributed by atoms with van der Waals surface area (Å²) in [6.45, 7) is 4.89. The predicted octanol–water partition coefficient (Wildman–Crippen LogP) is 2.34. The minimum atomic E-state index is -0.919. The predicted molar refractivity (Wildman–Crippen MR) is 80.0 cm³/mol. The van der Waals surface area contributed by atoms with Gasteiger partial charge in [0.25, 0.3) is 0 Å². The molecule has 0 aromatic heterocycles. The lowest BCUT2D eigenvalue weighted by Crippen LogP contribution is -2.47. The number of likely N-dealkylation sites (tertiary alicyclic amines) is 1. The van der Waals surface area contributed by atoms with E-state index in [1.807, 2.05) is 38.1 Å². The maximum Gasteiger partial charge on any atom is 0.326 e. The number of aryl methyl sites for hydroxylation is 1. The Labute approximate surface area is 125 Å². The van der Waals surface area contributed by atoms with Crippen molar-refractivity contribution in [2.45, 2.75) is 32.9 Å². The van der Waals surface area contributed by atoms with Gasteiger partial charge in [0.05, 0.1) is 0 Å². The Hall–Kier alpha value is -2.04. The average Bonchev–Trinajstić information content (AvgIpc) is 2.82. The molecule has 5 nitrogen and oxygen atoms in total. The molecule has 1 heterocycles. The van der Waals surface area contributed by atoms with Crippen LogP contribution in [0.25, 0.3) is 0 Å². The highest BCUT2D eigenvalue weighted by molar-refractivity contribution is 5.83. The molecule has 0 aliphatic carbocycles. The van der Waals surface area contributed by atoms with E-state index in [1.54, 1.807) is 11.9 Å². The maximum absolute atomic E-state index is 12.5. The van der Waals surface area contributed by atoms with Crippen molar-refractivity contribution in [2.24, 2.45) is 5.92 Å². The Morgan fingerprint density at radius 3 is 2.67 bits per heavy atom. The van der Waals surface area contributed by atoms with Crippen LogP contribution in [0.15, 0.2) is 24.3 Å². The molecule has 0 saturated carbocycles. The summed E-state index contributed by atoms with van der Waals surface area (Å²) in [6, 6.07) is 6.97. The first-order valence-electron chi connectivity index (χ1n) is 7.21. The first-order valence-corrected chi connectivity index (χ1v) is 7.21. The van der Waals surface area contributed by atoms with Gasteiger partial charge in [0.2, 0.25) is 0 Å². The number of carbonyl (C=O) groups is 2. The number of aliphatic carboxylic acids is 1. The van der Waals surface area contributed by atoms with E-state index in [1.165, 1.54) is 4.90 Å². The summed E-state index contributed by atoms with van der Waals surface area (Å²) in [5.74, 6) is -0.920. The molecular formula is C16H22N2O3. The fraction of sp³-hybridized carbons (Fsp3) is 0.500. The third-order valence-corrected chi connectivity index (χ3v) is 4.19. The monoisotopic (exact) mass is 290 g/mol. The van der Waals surface area contributed by atoms with E-state index in [0.29, 0.717) is 13.1 Å². The molecule has 2 unspecified atom stereocenters. The van der Waals surface area contributed by atoms with E-state index >= 15 is 0 Å². The number of hydrogen-bond donors (Lipinski definition) is 1. The summed E-state index contributed by atoms with van der Waals surface area (Å²) >= 11 is 0. The van der Waals surface area contributed by atoms with Crippen molar-refractivity contribution in [3.8, 4) is 0 Å². The Morgan fingerprint density at radius 1 is 1.38 bits per heavy atom. The summed E-state index contributed by atoms with van der Waals surface area (Å²) in [7, 11) is 1.72. The molecule has 0 radical (unpaired) electrons. The third kappa shape index (κ3) is 3.17. The molecule has 2 atom stereocenters. The van der Waals surface area contributed by atoms with Crippen LogP contribution in [0.4, 0.5) is 4.79 Å². The highest BCUT2D eigenvalue weighted by Gasteiger charge is 2.40. The number of benzene rings is 1. The molecular weight excluding hydrogens is 268 g/mol. The molecule has 0 spiro atoms. The number of rotatable bonds is 3. The summed E-state index contributed by atoms with van der Waals surface area (Å²) < 4.78 is 0. The van der Waals surface area contributed by atoms with Crippen molar-refractivity contribution >= 4 is 12.0 Å². The van der Waals surface area contributed by atoms with Crippen LogP contribution in [0, 0.1) is 12.8 Å². The minimum Gasteiger partial charge on any atom is -0.480 e. The lowest BCUT2D eigenvalue weighted by molar-refractivity contribution is -0.142. The van der Waals surface area contributed by atoms with E-state index in [2.05, 4.69) is 0 Å². The smallest absolute Gasteiger partial charge is 0.326 e. The lowest BCUT2D eigenvalue weighted by atomic mass is 10.0. The zero-order valence-corrected chi connectivity index (χ0v) is 12.7. The Morgan fingerprint density at radius 2 is 2.05 bits per heavy atom. The van der Waals surface area contributed by atoms with Gasteiger partial charge in [0.15, 0.2) is 0 Å². The van der Waals surface area contributed by atoms with Crippen molar-refractivity contribution in [3.63, 3.8) is 0 Å². The van der Waals surface area contributed by atoms with Crippen molar-refractivity contribution in [3.05, 3.63) is 35.4 Å². The summed E-state index contributed by atoms with van der Waals surface area (Å²) in [5, 5.41) is 9.31. The largest absolute Gasteiger partial charge is 0.480 e. The quantitative estimate of drug-likeness (QED) is 0.929. The molecule has 114 valence electrons. The normalized spacial score (nSPS) is 21.4. The molecule has 2 amide bonds. The number of carboxylic acid groups (broad SMARTS) is 1. The average molecular weight is 290 g/mol. The second-order valence-corrected chi connectivity index (χ2v) is 5.81. The molecule has 1 aromatic rings. The number of amides is 2. The molecule has 21 heavy (non-hydrogen) atoms. The Bertz CT molecular complexity index is 544. The zero-order valence-electron chi connectivity index (χ0n) is 12.7. The van der Waals surface area contributed by atoms with Crippen LogP contribution in [0.3, 0.4) is 0 Å². The lowest BCUT2D eigenvalue weighted by Gasteiger charge is -2.29. The zero-order chi connectivity index (χ0) is 15.6. The van der Waals surface area contributed by atoms with Crippen molar-refractivity contribution in [2.75, 3.05) is 13.6 Å². The van der Waals surface area contributed by atoms with Crippen molar-refractivity contribution in [1.29, 1.82) is 0 Å². The fourth-order valence-corrected chi connectivity index (χ4v) is 2.87. The van der Waals surface area contributed by atoms with Crippen LogP contribution in [0.1, 0.15) is 24.5 Å². The highest BCUT2D eigenvalue weighted by atomic mass is 16.4. The van der Waals surface area contributed by atoms with Gasteiger partial charge in [-0.15, -0.1) is 0 Å². The second kappa shape index (κ2) is 6.16. The van der Waals surface area contributed by atoms with E-state index in [-0.39, 0.29) is 11.9 Å². The number of nitrogens with zero attached hydrogens (tertiary/aromatic N) is 2. The first-order chi connectivity index (χ1) is 9.91. The summed E-state index contributed by atoms with van der Waals surface area (Å²) in [4.78, 5) is 26.9. The molecule has 1 N–H and O–H groups in total. The Kier molecular flexibility index (Phi) is 4.50. The molecule has 5 heteroatoms. The summed E-state index contributed by atoms with van der Waals surface area (Å²) in [5.41, 5.74) is 2.20. The van der Waals surface area contributed by atoms with E-state index in [9.17, 15) is 14.7 Å². The molecule has 1 aliphatic rings. The SMILES string of the molecule is Cc1ccccc1CN(C)C(=O)N1CCC(C)C1C(=O)O. The summed E-state index contributed by atoms with van der Waals surface area (Å²) in [6.07, 6.45) is 0.737. The van der Waals surface area contributed by atoms with Gasteiger partial charge in [-0.05, 0) is 30.4 Å². The number of urea groups is 1. The molecule has 1 aliphatic heterocycles. The standard InChI is InChI=1S/C16H22N2O3/c1-11-6-4-5-7-13(11)10-17(3)16(21)18-9-8-12(2)14(18)15(19)20/h4-7,12,14H,8-10H2,1-3H3,(H,19,20). The molecule has 1 saturated heterocycles. The molecule has 1 aromatic carbocycles. The van der Waals surface area contributed by atoms with Crippen molar-refractivity contribution < 1.29 is 14.7 Å². The van der Waals surface area contributed by atoms with Crippen LogP contribution in [-0.4, -0.2) is 46.5 Å². The topological polar surface area (TPSA) is 60.9 Å². The van der Waals surface area contributed by atoms with Gasteiger partial charge >= 0.3 is 12.0 Å². The first kappa shape index (κ1) is 15.4. The van der Waals surface area contributed by atoms with E-state index < -0.39 is 12.0 Å². The van der Waals surface area contributed by atoms with Gasteiger partial charge in [-0.2, -0.15) is 0 Å². The molecule has 1 fully saturated rings. The van der Waals surface area contributed by atoms with Crippen LogP contribution >= 0.6 is 0 Å². The molecule has 2 rings (SSSR count). The van der Waals surface area contributed by atoms with E-state index in [0.717, 1.165) is 17.5 Å².